The topological polar surface area (TPSA) is 106 Å². The van der Waals surface area contributed by atoms with Crippen molar-refractivity contribution in [1.29, 1.82) is 0 Å². The smallest absolute Gasteiger partial charge is 0.265 e. The van der Waals surface area contributed by atoms with E-state index in [4.69, 9.17) is 5.73 Å². The number of benzene rings is 2. The fourth-order valence-corrected chi connectivity index (χ4v) is 5.43. The van der Waals surface area contributed by atoms with Crippen molar-refractivity contribution in [1.82, 2.24) is 4.57 Å². The number of aromatic hydroxyl groups is 1. The molecule has 0 saturated heterocycles. The first-order valence-corrected chi connectivity index (χ1v) is 10.3. The molecule has 0 saturated carbocycles. The highest BCUT2D eigenvalue weighted by Crippen LogP contribution is 2.45. The molecule has 1 amide bonds. The van der Waals surface area contributed by atoms with Crippen molar-refractivity contribution in [3.05, 3.63) is 71.8 Å². The van der Waals surface area contributed by atoms with Crippen molar-refractivity contribution in [2.45, 2.75) is 24.3 Å². The van der Waals surface area contributed by atoms with Crippen LogP contribution in [0.4, 0.5) is 10.1 Å². The summed E-state index contributed by atoms with van der Waals surface area (Å²) in [5.41, 5.74) is 6.69. The van der Waals surface area contributed by atoms with E-state index in [1.165, 1.54) is 42.5 Å². The summed E-state index contributed by atoms with van der Waals surface area (Å²) < 4.78 is 43.9. The second-order valence-electron chi connectivity index (χ2n) is 6.69. The van der Waals surface area contributed by atoms with Crippen molar-refractivity contribution in [3.8, 4) is 11.4 Å². The van der Waals surface area contributed by atoms with Crippen molar-refractivity contribution >= 4 is 21.6 Å². The van der Waals surface area contributed by atoms with E-state index in [0.717, 1.165) is 10.4 Å². The number of halogens is 1. The van der Waals surface area contributed by atoms with Crippen LogP contribution in [-0.4, -0.2) is 24.0 Å². The molecule has 1 aliphatic heterocycles. The number of phenols is 1. The molecule has 0 aliphatic carbocycles. The lowest BCUT2D eigenvalue weighted by Gasteiger charge is -2.38. The van der Waals surface area contributed by atoms with E-state index >= 15 is 0 Å². The molecule has 1 aromatic heterocycles. The molecule has 1 unspecified atom stereocenters. The summed E-state index contributed by atoms with van der Waals surface area (Å²) in [4.78, 5) is 11.9. The highest BCUT2D eigenvalue weighted by atomic mass is 32.2. The highest BCUT2D eigenvalue weighted by molar-refractivity contribution is 7.92. The van der Waals surface area contributed by atoms with E-state index in [9.17, 15) is 22.7 Å². The molecule has 150 valence electrons. The molecule has 29 heavy (non-hydrogen) atoms. The zero-order chi connectivity index (χ0) is 20.9. The Morgan fingerprint density at radius 3 is 2.41 bits per heavy atom. The lowest BCUT2D eigenvalue weighted by Crippen LogP contribution is -2.39. The summed E-state index contributed by atoms with van der Waals surface area (Å²) in [6.07, 6.45) is 0.371. The van der Waals surface area contributed by atoms with Crippen molar-refractivity contribution in [3.63, 3.8) is 0 Å². The molecular weight excluding hydrogens is 397 g/mol. The number of amides is 1. The number of hydrogen-bond donors (Lipinski definition) is 2. The Balaban J connectivity index is 2.01. The number of phenolic OH excluding ortho intramolecular Hbond substituents is 1. The molecular formula is C20H18FN3O4S. The zero-order valence-electron chi connectivity index (χ0n) is 15.4. The maximum absolute atomic E-state index is 14.1. The average Bonchev–Trinajstić information content (AvgIpc) is 3.12. The maximum Gasteiger partial charge on any atom is 0.265 e. The van der Waals surface area contributed by atoms with E-state index in [2.05, 4.69) is 0 Å². The SMILES string of the molecule is CCC1c2ccc(C(N)=O)n2-c2ccc(F)cc2N1S(=O)(=O)c1ccc(O)cc1. The molecule has 1 atom stereocenters. The number of carbonyl (C=O) groups is 1. The molecule has 7 nitrogen and oxygen atoms in total. The van der Waals surface area contributed by atoms with Gasteiger partial charge in [-0.15, -0.1) is 0 Å². The lowest BCUT2D eigenvalue weighted by molar-refractivity contribution is 0.0993. The van der Waals surface area contributed by atoms with Gasteiger partial charge in [0.1, 0.15) is 17.3 Å². The molecule has 0 spiro atoms. The third-order valence-electron chi connectivity index (χ3n) is 4.98. The highest BCUT2D eigenvalue weighted by Gasteiger charge is 2.40. The third kappa shape index (κ3) is 2.85. The predicted octanol–water partition coefficient (Wildman–Crippen LogP) is 3.08. The van der Waals surface area contributed by atoms with Crippen LogP contribution in [0.2, 0.25) is 0 Å². The summed E-state index contributed by atoms with van der Waals surface area (Å²) >= 11 is 0. The first-order valence-electron chi connectivity index (χ1n) is 8.90. The minimum Gasteiger partial charge on any atom is -0.508 e. The molecule has 9 heteroatoms. The quantitative estimate of drug-likeness (QED) is 0.683. The number of primary amides is 1. The molecule has 3 N–H and O–H groups in total. The average molecular weight is 415 g/mol. The Morgan fingerprint density at radius 1 is 1.10 bits per heavy atom. The molecule has 3 aromatic rings. The van der Waals surface area contributed by atoms with Gasteiger partial charge < -0.3 is 15.4 Å². The van der Waals surface area contributed by atoms with Crippen LogP contribution in [0.15, 0.2) is 59.5 Å². The van der Waals surface area contributed by atoms with E-state index in [0.29, 0.717) is 17.8 Å². The predicted molar refractivity (Wildman–Crippen MR) is 105 cm³/mol. The van der Waals surface area contributed by atoms with Crippen LogP contribution in [0.3, 0.4) is 0 Å². The maximum atomic E-state index is 14.1. The van der Waals surface area contributed by atoms with Crippen LogP contribution < -0.4 is 10.0 Å². The van der Waals surface area contributed by atoms with Gasteiger partial charge >= 0.3 is 0 Å². The molecule has 0 fully saturated rings. The first-order chi connectivity index (χ1) is 13.8. The van der Waals surface area contributed by atoms with Crippen molar-refractivity contribution < 1.29 is 22.7 Å². The first kappa shape index (κ1) is 19.0. The Labute approximate surface area is 166 Å². The molecule has 1 aliphatic rings. The summed E-state index contributed by atoms with van der Waals surface area (Å²) in [6.45, 7) is 1.80. The summed E-state index contributed by atoms with van der Waals surface area (Å²) in [6, 6.07) is 11.4. The number of nitrogens with two attached hydrogens (primary N) is 1. The van der Waals surface area contributed by atoms with Gasteiger partial charge in [0.25, 0.3) is 15.9 Å². The standard InChI is InChI=1S/C20H18FN3O4S/c1-2-15-16-9-10-18(20(22)26)23(16)17-8-3-12(21)11-19(17)24(15)29(27,28)14-6-4-13(25)5-7-14/h3-11,15,25H,2H2,1H3,(H2,22,26). The lowest BCUT2D eigenvalue weighted by atomic mass is 10.1. The van der Waals surface area contributed by atoms with E-state index in [1.807, 2.05) is 0 Å². The number of aromatic nitrogens is 1. The Morgan fingerprint density at radius 2 is 1.79 bits per heavy atom. The van der Waals surface area contributed by atoms with Crippen molar-refractivity contribution in [2.24, 2.45) is 5.73 Å². The van der Waals surface area contributed by atoms with E-state index in [-0.39, 0.29) is 22.0 Å². The van der Waals surface area contributed by atoms with Crippen LogP contribution in [0.1, 0.15) is 35.6 Å². The monoisotopic (exact) mass is 415 g/mol. The summed E-state index contributed by atoms with van der Waals surface area (Å²) in [5, 5.41) is 9.50. The second-order valence-corrected chi connectivity index (χ2v) is 8.51. The number of carbonyl (C=O) groups excluding carboxylic acids is 1. The van der Waals surface area contributed by atoms with Gasteiger partial charge in [-0.3, -0.25) is 9.10 Å². The molecule has 2 heterocycles. The van der Waals surface area contributed by atoms with Gasteiger partial charge in [-0.1, -0.05) is 6.92 Å². The summed E-state index contributed by atoms with van der Waals surface area (Å²) in [7, 11) is -4.10. The number of anilines is 1. The Kier molecular flexibility index (Phi) is 4.34. The Hall–Kier alpha value is -3.33. The number of hydrogen-bond acceptors (Lipinski definition) is 4. The van der Waals surface area contributed by atoms with E-state index in [1.54, 1.807) is 17.6 Å². The second kappa shape index (κ2) is 6.63. The third-order valence-corrected chi connectivity index (χ3v) is 6.82. The van der Waals surface area contributed by atoms with Crippen LogP contribution in [-0.2, 0) is 10.0 Å². The van der Waals surface area contributed by atoms with Gasteiger partial charge in [0, 0.05) is 11.8 Å². The Bertz CT molecular complexity index is 1220. The van der Waals surface area contributed by atoms with Gasteiger partial charge in [0.05, 0.1) is 22.3 Å². The minimum absolute atomic E-state index is 0.0425. The van der Waals surface area contributed by atoms with Crippen LogP contribution in [0.5, 0.6) is 5.75 Å². The van der Waals surface area contributed by atoms with Gasteiger partial charge in [-0.05, 0) is 55.0 Å². The largest absolute Gasteiger partial charge is 0.508 e. The van der Waals surface area contributed by atoms with Gasteiger partial charge in [-0.25, -0.2) is 12.8 Å². The van der Waals surface area contributed by atoms with Gasteiger partial charge in [0.2, 0.25) is 0 Å². The fraction of sp³-hybridized carbons (Fsp3) is 0.150. The van der Waals surface area contributed by atoms with Gasteiger partial charge in [-0.2, -0.15) is 0 Å². The molecule has 0 radical (unpaired) electrons. The minimum atomic E-state index is -4.10. The van der Waals surface area contributed by atoms with Crippen LogP contribution in [0, 0.1) is 5.82 Å². The van der Waals surface area contributed by atoms with Crippen molar-refractivity contribution in [2.75, 3.05) is 4.31 Å². The van der Waals surface area contributed by atoms with Crippen LogP contribution >= 0.6 is 0 Å². The molecule has 0 bridgehead atoms. The van der Waals surface area contributed by atoms with Crippen LogP contribution in [0.25, 0.3) is 5.69 Å². The number of nitrogens with zero attached hydrogens (tertiary/aromatic N) is 2. The fourth-order valence-electron chi connectivity index (χ4n) is 3.73. The molecule has 4 rings (SSSR count). The normalized spacial score (nSPS) is 15.7. The number of sulfonamides is 1. The number of rotatable bonds is 4. The zero-order valence-corrected chi connectivity index (χ0v) is 16.2. The van der Waals surface area contributed by atoms with E-state index < -0.39 is 27.8 Å². The molecule has 2 aromatic carbocycles. The summed E-state index contributed by atoms with van der Waals surface area (Å²) in [5.74, 6) is -1.35. The number of fused-ring (bicyclic) bond motifs is 3. The van der Waals surface area contributed by atoms with Gasteiger partial charge in [0.15, 0.2) is 0 Å².